The molecule has 0 saturated heterocycles. The van der Waals surface area contributed by atoms with Crippen molar-refractivity contribution in [3.63, 3.8) is 0 Å². The van der Waals surface area contributed by atoms with Crippen LogP contribution in [0.1, 0.15) is 54.2 Å². The second kappa shape index (κ2) is 5.24. The fourth-order valence-corrected chi connectivity index (χ4v) is 2.50. The molecule has 1 atom stereocenters. The number of carbonyl (C=O) groups is 1. The van der Waals surface area contributed by atoms with Gasteiger partial charge in [0.25, 0.3) is 0 Å². The van der Waals surface area contributed by atoms with Gasteiger partial charge in [0.2, 0.25) is 0 Å². The summed E-state index contributed by atoms with van der Waals surface area (Å²) in [6, 6.07) is 6.93. The summed E-state index contributed by atoms with van der Waals surface area (Å²) in [7, 11) is 0. The van der Waals surface area contributed by atoms with Crippen LogP contribution in [0.5, 0.6) is 0 Å². The van der Waals surface area contributed by atoms with E-state index in [1.54, 1.807) is 24.3 Å². The van der Waals surface area contributed by atoms with E-state index in [-0.39, 0.29) is 5.92 Å². The Morgan fingerprint density at radius 2 is 2.00 bits per heavy atom. The maximum absolute atomic E-state index is 14.2. The molecule has 0 aliphatic heterocycles. The van der Waals surface area contributed by atoms with Crippen molar-refractivity contribution < 1.29 is 9.18 Å². The van der Waals surface area contributed by atoms with Gasteiger partial charge in [0, 0.05) is 5.56 Å². The highest BCUT2D eigenvalue weighted by atomic mass is 19.1. The minimum Gasteiger partial charge on any atom is -0.298 e. The Labute approximate surface area is 95.7 Å². The second-order valence-electron chi connectivity index (χ2n) is 4.59. The van der Waals surface area contributed by atoms with Crippen LogP contribution in [0.2, 0.25) is 0 Å². The molecular weight excluding hydrogens is 203 g/mol. The Hall–Kier alpha value is -1.18. The van der Waals surface area contributed by atoms with Crippen molar-refractivity contribution in [3.8, 4) is 0 Å². The molecule has 0 spiro atoms. The molecule has 1 unspecified atom stereocenters. The van der Waals surface area contributed by atoms with Crippen LogP contribution in [-0.2, 0) is 0 Å². The quantitative estimate of drug-likeness (QED) is 0.701. The van der Waals surface area contributed by atoms with Gasteiger partial charge < -0.3 is 0 Å². The number of benzene rings is 1. The normalized spacial score (nSPS) is 19.3. The monoisotopic (exact) mass is 220 g/mol. The van der Waals surface area contributed by atoms with E-state index in [1.165, 1.54) is 6.42 Å². The molecule has 1 saturated carbocycles. The molecule has 86 valence electrons. The first kappa shape index (κ1) is 11.3. The summed E-state index contributed by atoms with van der Waals surface area (Å²) in [6.07, 6.45) is 5.34. The highest BCUT2D eigenvalue weighted by molar-refractivity contribution is 5.74. The predicted molar refractivity (Wildman–Crippen MR) is 62.3 cm³/mol. The average Bonchev–Trinajstić information content (AvgIpc) is 2.39. The number of hydrogen-bond donors (Lipinski definition) is 0. The fourth-order valence-electron chi connectivity index (χ4n) is 2.50. The van der Waals surface area contributed by atoms with Crippen LogP contribution in [0.4, 0.5) is 4.39 Å². The van der Waals surface area contributed by atoms with Crippen molar-refractivity contribution in [2.24, 2.45) is 5.92 Å². The SMILES string of the molecule is O=Cc1cccc(C(F)C2CCCCC2)c1. The maximum Gasteiger partial charge on any atom is 0.150 e. The molecule has 0 N–H and O–H groups in total. The Kier molecular flexibility index (Phi) is 3.70. The van der Waals surface area contributed by atoms with Crippen molar-refractivity contribution in [2.45, 2.75) is 38.3 Å². The number of aldehydes is 1. The third-order valence-electron chi connectivity index (χ3n) is 3.43. The number of hydrogen-bond acceptors (Lipinski definition) is 1. The van der Waals surface area contributed by atoms with E-state index in [1.807, 2.05) is 0 Å². The molecule has 0 aromatic heterocycles. The lowest BCUT2D eigenvalue weighted by Gasteiger charge is -2.25. The number of rotatable bonds is 3. The number of alkyl halides is 1. The molecule has 1 fully saturated rings. The third-order valence-corrected chi connectivity index (χ3v) is 3.43. The van der Waals surface area contributed by atoms with Crippen LogP contribution >= 0.6 is 0 Å². The Morgan fingerprint density at radius 3 is 2.69 bits per heavy atom. The van der Waals surface area contributed by atoms with E-state index < -0.39 is 6.17 Å². The van der Waals surface area contributed by atoms with Gasteiger partial charge in [-0.05, 0) is 30.4 Å². The Bertz CT molecular complexity index is 356. The smallest absolute Gasteiger partial charge is 0.150 e. The van der Waals surface area contributed by atoms with Crippen LogP contribution in [0.25, 0.3) is 0 Å². The van der Waals surface area contributed by atoms with Crippen molar-refractivity contribution >= 4 is 6.29 Å². The summed E-state index contributed by atoms with van der Waals surface area (Å²) in [6.45, 7) is 0. The lowest BCUT2D eigenvalue weighted by Crippen LogP contribution is -2.13. The summed E-state index contributed by atoms with van der Waals surface area (Å²) in [5.41, 5.74) is 1.23. The van der Waals surface area contributed by atoms with Crippen LogP contribution < -0.4 is 0 Å². The van der Waals surface area contributed by atoms with E-state index >= 15 is 0 Å². The lowest BCUT2D eigenvalue weighted by atomic mass is 9.83. The topological polar surface area (TPSA) is 17.1 Å². The fraction of sp³-hybridized carbons (Fsp3) is 0.500. The van der Waals surface area contributed by atoms with E-state index in [4.69, 9.17) is 0 Å². The Balaban J connectivity index is 2.12. The minimum absolute atomic E-state index is 0.149. The van der Waals surface area contributed by atoms with Crippen LogP contribution in [-0.4, -0.2) is 6.29 Å². The summed E-state index contributed by atoms with van der Waals surface area (Å²) in [5.74, 6) is 0.149. The zero-order valence-electron chi connectivity index (χ0n) is 9.36. The van der Waals surface area contributed by atoms with E-state index in [0.717, 1.165) is 32.0 Å². The van der Waals surface area contributed by atoms with E-state index in [9.17, 15) is 9.18 Å². The largest absolute Gasteiger partial charge is 0.298 e. The lowest BCUT2D eigenvalue weighted by molar-refractivity contribution is 0.112. The first-order valence-electron chi connectivity index (χ1n) is 6.00. The van der Waals surface area contributed by atoms with Gasteiger partial charge in [0.05, 0.1) is 0 Å². The van der Waals surface area contributed by atoms with Crippen LogP contribution in [0.15, 0.2) is 24.3 Å². The van der Waals surface area contributed by atoms with Crippen LogP contribution in [0.3, 0.4) is 0 Å². The Morgan fingerprint density at radius 1 is 1.25 bits per heavy atom. The third kappa shape index (κ3) is 2.49. The molecular formula is C14H17FO. The highest BCUT2D eigenvalue weighted by Gasteiger charge is 2.24. The van der Waals surface area contributed by atoms with Crippen molar-refractivity contribution in [2.75, 3.05) is 0 Å². The van der Waals surface area contributed by atoms with E-state index in [0.29, 0.717) is 11.1 Å². The summed E-state index contributed by atoms with van der Waals surface area (Å²) in [5, 5.41) is 0. The van der Waals surface area contributed by atoms with Gasteiger partial charge in [-0.25, -0.2) is 4.39 Å². The van der Waals surface area contributed by atoms with Crippen molar-refractivity contribution in [1.29, 1.82) is 0 Å². The van der Waals surface area contributed by atoms with Gasteiger partial charge in [0.15, 0.2) is 0 Å². The van der Waals surface area contributed by atoms with Crippen LogP contribution in [0, 0.1) is 5.92 Å². The zero-order chi connectivity index (χ0) is 11.4. The summed E-state index contributed by atoms with van der Waals surface area (Å²) >= 11 is 0. The molecule has 0 heterocycles. The molecule has 2 heteroatoms. The minimum atomic E-state index is -0.903. The molecule has 1 aliphatic carbocycles. The van der Waals surface area contributed by atoms with Gasteiger partial charge in [-0.3, -0.25) is 4.79 Å². The predicted octanol–water partition coefficient (Wildman–Crippen LogP) is 4.09. The molecule has 1 aromatic carbocycles. The zero-order valence-corrected chi connectivity index (χ0v) is 9.36. The van der Waals surface area contributed by atoms with Gasteiger partial charge in [-0.2, -0.15) is 0 Å². The summed E-state index contributed by atoms with van der Waals surface area (Å²) in [4.78, 5) is 10.6. The number of halogens is 1. The molecule has 0 bridgehead atoms. The average molecular weight is 220 g/mol. The molecule has 1 aliphatic rings. The van der Waals surface area contributed by atoms with Crippen molar-refractivity contribution in [3.05, 3.63) is 35.4 Å². The first-order chi connectivity index (χ1) is 7.81. The standard InChI is InChI=1S/C14H17FO/c15-14(12-6-2-1-3-7-12)13-8-4-5-11(9-13)10-16/h4-5,8-10,12,14H,1-3,6-7H2. The van der Waals surface area contributed by atoms with Gasteiger partial charge in [-0.15, -0.1) is 0 Å². The molecule has 0 amide bonds. The van der Waals surface area contributed by atoms with Gasteiger partial charge >= 0.3 is 0 Å². The maximum atomic E-state index is 14.2. The highest BCUT2D eigenvalue weighted by Crippen LogP contribution is 2.36. The van der Waals surface area contributed by atoms with Gasteiger partial charge in [-0.1, -0.05) is 37.5 Å². The van der Waals surface area contributed by atoms with E-state index in [2.05, 4.69) is 0 Å². The van der Waals surface area contributed by atoms with Crippen molar-refractivity contribution in [1.82, 2.24) is 0 Å². The first-order valence-corrected chi connectivity index (χ1v) is 6.00. The molecule has 1 nitrogen and oxygen atoms in total. The molecule has 1 aromatic rings. The molecule has 2 rings (SSSR count). The van der Waals surface area contributed by atoms with Gasteiger partial charge in [0.1, 0.15) is 12.5 Å². The molecule has 0 radical (unpaired) electrons. The number of carbonyl (C=O) groups excluding carboxylic acids is 1. The summed E-state index contributed by atoms with van der Waals surface area (Å²) < 4.78 is 14.2. The second-order valence-corrected chi connectivity index (χ2v) is 4.59. The molecule has 16 heavy (non-hydrogen) atoms.